The first kappa shape index (κ1) is 12.9. The second kappa shape index (κ2) is 5.18. The Bertz CT molecular complexity index is 606. The third-order valence-electron chi connectivity index (χ3n) is 4.76. The van der Waals surface area contributed by atoms with Crippen molar-refractivity contribution >= 4 is 5.95 Å². The van der Waals surface area contributed by atoms with Crippen LogP contribution in [0.4, 0.5) is 5.95 Å². The standard InChI is InChI=1S/C15H21N5O/c1-21-8-7-19-14(13-3-2-6-16-13)17-18-15(19)20-10-11-4-5-12(20)9-11/h2-3,6,11-12,16H,4-5,7-10H2,1H3. The van der Waals surface area contributed by atoms with Gasteiger partial charge in [0.25, 0.3) is 0 Å². The predicted molar refractivity (Wildman–Crippen MR) is 80.2 cm³/mol. The Morgan fingerprint density at radius 3 is 3.00 bits per heavy atom. The van der Waals surface area contributed by atoms with Crippen molar-refractivity contribution < 1.29 is 4.74 Å². The number of ether oxygens (including phenoxy) is 1. The average molecular weight is 287 g/mol. The summed E-state index contributed by atoms with van der Waals surface area (Å²) in [5.74, 6) is 2.75. The third kappa shape index (κ3) is 2.14. The lowest BCUT2D eigenvalue weighted by atomic mass is 10.1. The first-order valence-electron chi connectivity index (χ1n) is 7.69. The van der Waals surface area contributed by atoms with Gasteiger partial charge in [0.2, 0.25) is 5.95 Å². The molecule has 1 aliphatic carbocycles. The summed E-state index contributed by atoms with van der Waals surface area (Å²) in [5, 5.41) is 8.91. The van der Waals surface area contributed by atoms with Crippen molar-refractivity contribution in [3.05, 3.63) is 18.3 Å². The van der Waals surface area contributed by atoms with Gasteiger partial charge in [-0.3, -0.25) is 4.57 Å². The summed E-state index contributed by atoms with van der Waals surface area (Å²) in [5.41, 5.74) is 1.01. The monoisotopic (exact) mass is 287 g/mol. The first-order valence-corrected chi connectivity index (χ1v) is 7.69. The highest BCUT2D eigenvalue weighted by atomic mass is 16.5. The maximum absolute atomic E-state index is 5.26. The second-order valence-electron chi connectivity index (χ2n) is 6.04. The van der Waals surface area contributed by atoms with E-state index < -0.39 is 0 Å². The van der Waals surface area contributed by atoms with Crippen LogP contribution in [0.5, 0.6) is 0 Å². The minimum atomic E-state index is 0.650. The molecule has 2 fully saturated rings. The van der Waals surface area contributed by atoms with Gasteiger partial charge in [-0.15, -0.1) is 10.2 Å². The van der Waals surface area contributed by atoms with Crippen LogP contribution in [-0.2, 0) is 11.3 Å². The van der Waals surface area contributed by atoms with E-state index in [1.165, 1.54) is 19.3 Å². The largest absolute Gasteiger partial charge is 0.383 e. The normalized spacial score (nSPS) is 24.1. The van der Waals surface area contributed by atoms with Crippen LogP contribution in [0.25, 0.3) is 11.5 Å². The highest BCUT2D eigenvalue weighted by Crippen LogP contribution is 2.40. The predicted octanol–water partition coefficient (Wildman–Crippen LogP) is 1.91. The number of rotatable bonds is 5. The SMILES string of the molecule is COCCn1c(-c2ccc[nH]2)nnc1N1CC2CCC1C2. The first-order chi connectivity index (χ1) is 10.4. The van der Waals surface area contributed by atoms with E-state index in [1.54, 1.807) is 7.11 Å². The number of aromatic nitrogens is 4. The van der Waals surface area contributed by atoms with E-state index in [0.717, 1.165) is 36.5 Å². The van der Waals surface area contributed by atoms with Crippen LogP contribution >= 0.6 is 0 Å². The number of hydrogen-bond acceptors (Lipinski definition) is 4. The number of aromatic amines is 1. The maximum Gasteiger partial charge on any atom is 0.227 e. The molecule has 6 nitrogen and oxygen atoms in total. The lowest BCUT2D eigenvalue weighted by Crippen LogP contribution is -2.34. The highest BCUT2D eigenvalue weighted by molar-refractivity contribution is 5.54. The van der Waals surface area contributed by atoms with Crippen LogP contribution in [0.2, 0.25) is 0 Å². The van der Waals surface area contributed by atoms with Gasteiger partial charge in [0.15, 0.2) is 5.82 Å². The maximum atomic E-state index is 5.26. The van der Waals surface area contributed by atoms with E-state index >= 15 is 0 Å². The van der Waals surface area contributed by atoms with Gasteiger partial charge in [0.05, 0.1) is 18.8 Å². The summed E-state index contributed by atoms with van der Waals surface area (Å²) in [6.45, 7) is 2.57. The van der Waals surface area contributed by atoms with Crippen molar-refractivity contribution in [2.75, 3.05) is 25.2 Å². The summed E-state index contributed by atoms with van der Waals surface area (Å²) in [4.78, 5) is 5.67. The van der Waals surface area contributed by atoms with Gasteiger partial charge >= 0.3 is 0 Å². The molecule has 0 amide bonds. The lowest BCUT2D eigenvalue weighted by Gasteiger charge is -2.28. The molecule has 1 N–H and O–H groups in total. The number of fused-ring (bicyclic) bond motifs is 2. The average Bonchev–Trinajstić information content (AvgIpc) is 3.26. The molecule has 1 saturated carbocycles. The minimum Gasteiger partial charge on any atom is -0.383 e. The Morgan fingerprint density at radius 1 is 1.38 bits per heavy atom. The van der Waals surface area contributed by atoms with Crippen molar-refractivity contribution in [2.45, 2.75) is 31.8 Å². The number of anilines is 1. The molecule has 2 bridgehead atoms. The number of hydrogen-bond donors (Lipinski definition) is 1. The van der Waals surface area contributed by atoms with Crippen LogP contribution in [0.15, 0.2) is 18.3 Å². The topological polar surface area (TPSA) is 59.0 Å². The smallest absolute Gasteiger partial charge is 0.227 e. The third-order valence-corrected chi connectivity index (χ3v) is 4.76. The molecule has 0 radical (unpaired) electrons. The molecule has 2 unspecified atom stereocenters. The van der Waals surface area contributed by atoms with E-state index in [2.05, 4.69) is 24.6 Å². The lowest BCUT2D eigenvalue weighted by molar-refractivity contribution is 0.187. The van der Waals surface area contributed by atoms with Gasteiger partial charge in [-0.05, 0) is 37.3 Å². The van der Waals surface area contributed by atoms with Gasteiger partial charge in [-0.25, -0.2) is 0 Å². The summed E-state index contributed by atoms with van der Waals surface area (Å²) in [7, 11) is 1.73. The second-order valence-corrected chi connectivity index (χ2v) is 6.04. The van der Waals surface area contributed by atoms with Gasteiger partial charge in [-0.2, -0.15) is 0 Å². The number of H-pyrrole nitrogens is 1. The number of piperidine rings is 1. The van der Waals surface area contributed by atoms with E-state index in [-0.39, 0.29) is 0 Å². The van der Waals surface area contributed by atoms with Crippen molar-refractivity contribution in [3.8, 4) is 11.5 Å². The van der Waals surface area contributed by atoms with E-state index in [9.17, 15) is 0 Å². The summed E-state index contributed by atoms with van der Waals surface area (Å²) in [6.07, 6.45) is 5.90. The Kier molecular flexibility index (Phi) is 3.18. The zero-order valence-corrected chi connectivity index (χ0v) is 12.3. The van der Waals surface area contributed by atoms with Gasteiger partial charge in [0.1, 0.15) is 0 Å². The number of nitrogens with zero attached hydrogens (tertiary/aromatic N) is 4. The van der Waals surface area contributed by atoms with E-state index in [1.807, 2.05) is 18.3 Å². The fourth-order valence-electron chi connectivity index (χ4n) is 3.73. The fourth-order valence-corrected chi connectivity index (χ4v) is 3.73. The zero-order chi connectivity index (χ0) is 14.2. The molecule has 2 atom stereocenters. The van der Waals surface area contributed by atoms with Gasteiger partial charge in [0, 0.05) is 25.9 Å². The molecule has 3 heterocycles. The Hall–Kier alpha value is -1.82. The molecule has 6 heteroatoms. The molecular weight excluding hydrogens is 266 g/mol. The molecule has 0 aromatic carbocycles. The molecule has 4 rings (SSSR count). The summed E-state index contributed by atoms with van der Waals surface area (Å²) >= 11 is 0. The zero-order valence-electron chi connectivity index (χ0n) is 12.3. The Balaban J connectivity index is 1.70. The number of methoxy groups -OCH3 is 1. The fraction of sp³-hybridized carbons (Fsp3) is 0.600. The quantitative estimate of drug-likeness (QED) is 0.912. The van der Waals surface area contributed by atoms with Crippen LogP contribution in [-0.4, -0.2) is 46.1 Å². The summed E-state index contributed by atoms with van der Waals surface area (Å²) in [6, 6.07) is 4.67. The Labute approximate surface area is 124 Å². The summed E-state index contributed by atoms with van der Waals surface area (Å²) < 4.78 is 7.45. The number of nitrogens with one attached hydrogen (secondary N) is 1. The van der Waals surface area contributed by atoms with E-state index in [4.69, 9.17) is 4.74 Å². The molecule has 2 aromatic rings. The van der Waals surface area contributed by atoms with E-state index in [0.29, 0.717) is 12.6 Å². The van der Waals surface area contributed by atoms with Crippen molar-refractivity contribution in [1.82, 2.24) is 19.7 Å². The molecule has 1 saturated heterocycles. The van der Waals surface area contributed by atoms with Gasteiger partial charge < -0.3 is 14.6 Å². The molecule has 21 heavy (non-hydrogen) atoms. The van der Waals surface area contributed by atoms with Crippen LogP contribution in [0, 0.1) is 5.92 Å². The molecular formula is C15H21N5O. The van der Waals surface area contributed by atoms with Gasteiger partial charge in [-0.1, -0.05) is 0 Å². The van der Waals surface area contributed by atoms with Crippen molar-refractivity contribution in [2.24, 2.45) is 5.92 Å². The molecule has 2 aliphatic rings. The van der Waals surface area contributed by atoms with Crippen molar-refractivity contribution in [1.29, 1.82) is 0 Å². The van der Waals surface area contributed by atoms with Crippen LogP contribution in [0.3, 0.4) is 0 Å². The molecule has 2 aromatic heterocycles. The van der Waals surface area contributed by atoms with Crippen LogP contribution < -0.4 is 4.90 Å². The van der Waals surface area contributed by atoms with Crippen molar-refractivity contribution in [3.63, 3.8) is 0 Å². The Morgan fingerprint density at radius 2 is 2.33 bits per heavy atom. The van der Waals surface area contributed by atoms with Crippen LogP contribution in [0.1, 0.15) is 19.3 Å². The highest BCUT2D eigenvalue weighted by Gasteiger charge is 2.40. The molecule has 1 aliphatic heterocycles. The molecule has 0 spiro atoms. The molecule has 112 valence electrons. The minimum absolute atomic E-state index is 0.650.